The molecule has 0 aliphatic rings. The third-order valence-electron chi connectivity index (χ3n) is 3.06. The molecule has 0 radical (unpaired) electrons. The molecule has 116 valence electrons. The molecule has 0 fully saturated rings. The first-order valence-corrected chi connectivity index (χ1v) is 9.08. The molecule has 0 saturated heterocycles. The van der Waals surface area contributed by atoms with Gasteiger partial charge in [0.05, 0.1) is 22.6 Å². The van der Waals surface area contributed by atoms with Gasteiger partial charge in [-0.05, 0) is 27.0 Å². The van der Waals surface area contributed by atoms with Crippen LogP contribution in [0.4, 0.5) is 0 Å². The Labute approximate surface area is 129 Å². The van der Waals surface area contributed by atoms with Crippen molar-refractivity contribution in [3.63, 3.8) is 0 Å². The van der Waals surface area contributed by atoms with Crippen molar-refractivity contribution < 1.29 is 8.42 Å². The summed E-state index contributed by atoms with van der Waals surface area (Å²) in [6.07, 6.45) is 1.68. The van der Waals surface area contributed by atoms with Gasteiger partial charge in [-0.2, -0.15) is 0 Å². The lowest BCUT2D eigenvalue weighted by Crippen LogP contribution is -2.23. The Bertz CT molecular complexity index is 675. The van der Waals surface area contributed by atoms with E-state index in [1.807, 2.05) is 30.8 Å². The standard InChI is InChI=1S/C13H20N4O2S2/c1-10(2)17-7-13(4-12(17)6-14-3)21(18,19)16-5-11-8-20-9-15-11/h4,7-10,14,16H,5-6H2,1-3H3. The zero-order valence-corrected chi connectivity index (χ0v) is 14.0. The summed E-state index contributed by atoms with van der Waals surface area (Å²) in [5.74, 6) is 0. The van der Waals surface area contributed by atoms with Gasteiger partial charge in [0.25, 0.3) is 0 Å². The number of hydrogen-bond acceptors (Lipinski definition) is 5. The summed E-state index contributed by atoms with van der Waals surface area (Å²) < 4.78 is 29.2. The van der Waals surface area contributed by atoms with Crippen LogP contribution in [0.15, 0.2) is 28.0 Å². The topological polar surface area (TPSA) is 76.0 Å². The lowest BCUT2D eigenvalue weighted by atomic mass is 10.3. The molecule has 0 aromatic carbocycles. The molecule has 21 heavy (non-hydrogen) atoms. The molecule has 8 heteroatoms. The van der Waals surface area contributed by atoms with Crippen LogP contribution in [-0.4, -0.2) is 25.0 Å². The Morgan fingerprint density at radius 1 is 1.38 bits per heavy atom. The highest BCUT2D eigenvalue weighted by Crippen LogP contribution is 2.19. The molecule has 2 aromatic rings. The van der Waals surface area contributed by atoms with Gasteiger partial charge in [-0.1, -0.05) is 0 Å². The van der Waals surface area contributed by atoms with Gasteiger partial charge >= 0.3 is 0 Å². The Kier molecular flexibility index (Phi) is 5.15. The molecule has 2 N–H and O–H groups in total. The summed E-state index contributed by atoms with van der Waals surface area (Å²) >= 11 is 1.44. The summed E-state index contributed by atoms with van der Waals surface area (Å²) in [7, 11) is -1.68. The first-order chi connectivity index (χ1) is 9.94. The van der Waals surface area contributed by atoms with Crippen molar-refractivity contribution in [2.45, 2.75) is 37.9 Å². The zero-order valence-electron chi connectivity index (χ0n) is 12.3. The van der Waals surface area contributed by atoms with Crippen molar-refractivity contribution in [3.05, 3.63) is 34.5 Å². The summed E-state index contributed by atoms with van der Waals surface area (Å²) in [5.41, 5.74) is 3.35. The first-order valence-electron chi connectivity index (χ1n) is 6.66. The van der Waals surface area contributed by atoms with E-state index < -0.39 is 10.0 Å². The first kappa shape index (κ1) is 16.2. The van der Waals surface area contributed by atoms with Crippen LogP contribution >= 0.6 is 11.3 Å². The van der Waals surface area contributed by atoms with Crippen LogP contribution in [-0.2, 0) is 23.1 Å². The maximum absolute atomic E-state index is 12.4. The van der Waals surface area contributed by atoms with E-state index in [0.717, 1.165) is 11.4 Å². The molecule has 2 heterocycles. The number of thiazole rings is 1. The van der Waals surface area contributed by atoms with Crippen LogP contribution in [0.2, 0.25) is 0 Å². The van der Waals surface area contributed by atoms with Gasteiger partial charge in [0.15, 0.2) is 0 Å². The number of sulfonamides is 1. The fourth-order valence-electron chi connectivity index (χ4n) is 2.02. The quantitative estimate of drug-likeness (QED) is 0.811. The summed E-state index contributed by atoms with van der Waals surface area (Å²) in [5, 5.41) is 4.88. The zero-order chi connectivity index (χ0) is 15.5. The fourth-order valence-corrected chi connectivity index (χ4v) is 3.63. The van der Waals surface area contributed by atoms with E-state index in [0.29, 0.717) is 6.54 Å². The molecular formula is C13H20N4O2S2. The predicted octanol–water partition coefficient (Wildman–Crippen LogP) is 1.72. The smallest absolute Gasteiger partial charge is 0.242 e. The molecule has 0 saturated carbocycles. The van der Waals surface area contributed by atoms with Crippen LogP contribution < -0.4 is 10.0 Å². The summed E-state index contributed by atoms with van der Waals surface area (Å²) in [6.45, 7) is 4.89. The van der Waals surface area contributed by atoms with Crippen molar-refractivity contribution in [2.75, 3.05) is 7.05 Å². The highest BCUT2D eigenvalue weighted by molar-refractivity contribution is 7.89. The molecule has 0 aliphatic heterocycles. The van der Waals surface area contributed by atoms with Crippen LogP contribution in [0.1, 0.15) is 31.3 Å². The Hall–Kier alpha value is -1.22. The van der Waals surface area contributed by atoms with E-state index in [-0.39, 0.29) is 17.5 Å². The molecule has 0 bridgehead atoms. The minimum atomic E-state index is -3.52. The number of hydrogen-bond donors (Lipinski definition) is 2. The molecule has 0 spiro atoms. The predicted molar refractivity (Wildman–Crippen MR) is 83.7 cm³/mol. The maximum atomic E-state index is 12.4. The Morgan fingerprint density at radius 2 is 2.14 bits per heavy atom. The average molecular weight is 328 g/mol. The number of nitrogens with zero attached hydrogens (tertiary/aromatic N) is 2. The second kappa shape index (κ2) is 6.69. The van der Waals surface area contributed by atoms with Gasteiger partial charge in [0.2, 0.25) is 10.0 Å². The van der Waals surface area contributed by atoms with Gasteiger partial charge in [-0.3, -0.25) is 0 Å². The number of nitrogens with one attached hydrogen (secondary N) is 2. The molecule has 6 nitrogen and oxygen atoms in total. The molecular weight excluding hydrogens is 308 g/mol. The van der Waals surface area contributed by atoms with Crippen molar-refractivity contribution >= 4 is 21.4 Å². The normalized spacial score (nSPS) is 12.2. The van der Waals surface area contributed by atoms with Crippen LogP contribution in [0.25, 0.3) is 0 Å². The van der Waals surface area contributed by atoms with E-state index in [1.165, 1.54) is 11.3 Å². The lowest BCUT2D eigenvalue weighted by Gasteiger charge is -2.11. The maximum Gasteiger partial charge on any atom is 0.242 e. The second-order valence-corrected chi connectivity index (χ2v) is 7.49. The van der Waals surface area contributed by atoms with Gasteiger partial charge in [-0.25, -0.2) is 18.1 Å². The highest BCUT2D eigenvalue weighted by Gasteiger charge is 2.19. The molecule has 2 aromatic heterocycles. The summed E-state index contributed by atoms with van der Waals surface area (Å²) in [4.78, 5) is 4.36. The van der Waals surface area contributed by atoms with Gasteiger partial charge in [0, 0.05) is 29.9 Å². The second-order valence-electron chi connectivity index (χ2n) is 5.00. The Morgan fingerprint density at radius 3 is 2.71 bits per heavy atom. The number of aromatic nitrogens is 2. The van der Waals surface area contributed by atoms with Crippen molar-refractivity contribution in [2.24, 2.45) is 0 Å². The largest absolute Gasteiger partial charge is 0.346 e. The minimum Gasteiger partial charge on any atom is -0.346 e. The minimum absolute atomic E-state index is 0.204. The van der Waals surface area contributed by atoms with Gasteiger partial charge in [0.1, 0.15) is 0 Å². The SMILES string of the molecule is CNCc1cc(S(=O)(=O)NCc2cscn2)cn1C(C)C. The lowest BCUT2D eigenvalue weighted by molar-refractivity contribution is 0.561. The number of rotatable bonds is 7. The Balaban J connectivity index is 2.21. The van der Waals surface area contributed by atoms with Crippen LogP contribution in [0.3, 0.4) is 0 Å². The van der Waals surface area contributed by atoms with Gasteiger partial charge in [-0.15, -0.1) is 11.3 Å². The third kappa shape index (κ3) is 3.91. The van der Waals surface area contributed by atoms with E-state index in [2.05, 4.69) is 15.0 Å². The third-order valence-corrected chi connectivity index (χ3v) is 5.06. The van der Waals surface area contributed by atoms with E-state index in [9.17, 15) is 8.42 Å². The molecule has 0 unspecified atom stereocenters. The van der Waals surface area contributed by atoms with Crippen molar-refractivity contribution in [1.29, 1.82) is 0 Å². The van der Waals surface area contributed by atoms with Crippen molar-refractivity contribution in [3.8, 4) is 0 Å². The van der Waals surface area contributed by atoms with E-state index in [4.69, 9.17) is 0 Å². The molecule has 0 atom stereocenters. The molecule has 0 aliphatic carbocycles. The van der Waals surface area contributed by atoms with E-state index >= 15 is 0 Å². The molecule has 2 rings (SSSR count). The summed E-state index contributed by atoms with van der Waals surface area (Å²) in [6, 6.07) is 1.91. The monoisotopic (exact) mass is 328 g/mol. The van der Waals surface area contributed by atoms with Crippen LogP contribution in [0.5, 0.6) is 0 Å². The average Bonchev–Trinajstić information content (AvgIpc) is 3.06. The van der Waals surface area contributed by atoms with Gasteiger partial charge < -0.3 is 9.88 Å². The van der Waals surface area contributed by atoms with E-state index in [1.54, 1.807) is 17.8 Å². The van der Waals surface area contributed by atoms with Crippen LogP contribution in [0, 0.1) is 0 Å². The highest BCUT2D eigenvalue weighted by atomic mass is 32.2. The molecule has 0 amide bonds. The van der Waals surface area contributed by atoms with Crippen molar-refractivity contribution in [1.82, 2.24) is 19.6 Å². The fraction of sp³-hybridized carbons (Fsp3) is 0.462.